The van der Waals surface area contributed by atoms with Crippen molar-refractivity contribution in [2.45, 2.75) is 46.6 Å². The van der Waals surface area contributed by atoms with Gasteiger partial charge in [0, 0.05) is 45.2 Å². The maximum Gasteiger partial charge on any atom is 0.282 e. The maximum atomic E-state index is 13.5. The summed E-state index contributed by atoms with van der Waals surface area (Å²) in [6.45, 7) is 8.45. The van der Waals surface area contributed by atoms with Gasteiger partial charge in [-0.1, -0.05) is 29.8 Å². The number of hydrogen-bond acceptors (Lipinski definition) is 6. The van der Waals surface area contributed by atoms with Crippen LogP contribution < -0.4 is 10.3 Å². The SMILES string of the molecule is CC[C@@H](C)c1nc2ccc(Br)cc2c(=O)n1N=Cc1cc(C)n(-c2ccc(OCc3ccc([N+](=O)[O-])cc3)cc2)c1C. The minimum absolute atomic E-state index is 0.0511. The van der Waals surface area contributed by atoms with Crippen LogP contribution >= 0.6 is 15.9 Å². The van der Waals surface area contributed by atoms with Crippen LogP contribution in [0.25, 0.3) is 16.6 Å². The minimum atomic E-state index is -0.421. The molecule has 42 heavy (non-hydrogen) atoms. The zero-order chi connectivity index (χ0) is 30.0. The molecule has 5 aromatic rings. The highest BCUT2D eigenvalue weighted by molar-refractivity contribution is 9.10. The molecule has 0 unspecified atom stereocenters. The number of fused-ring (bicyclic) bond motifs is 1. The minimum Gasteiger partial charge on any atom is -0.489 e. The van der Waals surface area contributed by atoms with Crippen molar-refractivity contribution in [3.8, 4) is 11.4 Å². The molecule has 2 aromatic heterocycles. The molecule has 0 radical (unpaired) electrons. The van der Waals surface area contributed by atoms with Gasteiger partial charge < -0.3 is 9.30 Å². The Kier molecular flexibility index (Phi) is 8.35. The highest BCUT2D eigenvalue weighted by Gasteiger charge is 2.16. The summed E-state index contributed by atoms with van der Waals surface area (Å²) >= 11 is 3.46. The monoisotopic (exact) mass is 627 g/mol. The highest BCUT2D eigenvalue weighted by atomic mass is 79.9. The summed E-state index contributed by atoms with van der Waals surface area (Å²) in [6, 6.07) is 21.6. The topological polar surface area (TPSA) is 105 Å². The number of hydrogen-bond donors (Lipinski definition) is 0. The summed E-state index contributed by atoms with van der Waals surface area (Å²) in [5, 5.41) is 16.0. The fraction of sp³-hybridized carbons (Fsp3) is 0.219. The van der Waals surface area contributed by atoms with E-state index in [0.717, 1.165) is 39.1 Å². The molecule has 214 valence electrons. The third-order valence-electron chi connectivity index (χ3n) is 7.32. The van der Waals surface area contributed by atoms with Gasteiger partial charge >= 0.3 is 0 Å². The molecule has 5 rings (SSSR count). The molecule has 0 fully saturated rings. The van der Waals surface area contributed by atoms with Gasteiger partial charge in [0.15, 0.2) is 0 Å². The lowest BCUT2D eigenvalue weighted by atomic mass is 10.1. The van der Waals surface area contributed by atoms with Crippen LogP contribution in [0.15, 0.2) is 87.2 Å². The van der Waals surface area contributed by atoms with Gasteiger partial charge in [0.05, 0.1) is 22.0 Å². The fourth-order valence-corrected chi connectivity index (χ4v) is 5.15. The van der Waals surface area contributed by atoms with Crippen LogP contribution in [0.4, 0.5) is 5.69 Å². The number of nitro benzene ring substituents is 1. The molecule has 10 heteroatoms. The van der Waals surface area contributed by atoms with E-state index in [-0.39, 0.29) is 17.2 Å². The van der Waals surface area contributed by atoms with Crippen molar-refractivity contribution in [3.05, 3.63) is 126 Å². The van der Waals surface area contributed by atoms with E-state index in [9.17, 15) is 14.9 Å². The summed E-state index contributed by atoms with van der Waals surface area (Å²) in [5.74, 6) is 1.37. The molecule has 0 aliphatic rings. The zero-order valence-corrected chi connectivity index (χ0v) is 25.3. The molecular formula is C32H30BrN5O4. The summed E-state index contributed by atoms with van der Waals surface area (Å²) in [6.07, 6.45) is 2.55. The van der Waals surface area contributed by atoms with Crippen molar-refractivity contribution in [2.75, 3.05) is 0 Å². The molecule has 0 bridgehead atoms. The second-order valence-electron chi connectivity index (χ2n) is 10.2. The van der Waals surface area contributed by atoms with E-state index in [0.29, 0.717) is 29.1 Å². The lowest BCUT2D eigenvalue weighted by Gasteiger charge is -2.14. The summed E-state index contributed by atoms with van der Waals surface area (Å²) in [4.78, 5) is 28.7. The first-order valence-corrected chi connectivity index (χ1v) is 14.4. The number of rotatable bonds is 9. The number of non-ortho nitro benzene ring substituents is 1. The molecule has 0 saturated carbocycles. The second kappa shape index (κ2) is 12.1. The van der Waals surface area contributed by atoms with E-state index in [1.807, 2.05) is 63.2 Å². The van der Waals surface area contributed by atoms with E-state index in [1.54, 1.807) is 24.4 Å². The van der Waals surface area contributed by atoms with Crippen LogP contribution in [-0.2, 0) is 6.61 Å². The Bertz CT molecular complexity index is 1860. The first kappa shape index (κ1) is 28.9. The van der Waals surface area contributed by atoms with Gasteiger partial charge in [-0.2, -0.15) is 9.78 Å². The Balaban J connectivity index is 1.39. The molecule has 1 atom stereocenters. The van der Waals surface area contributed by atoms with Crippen LogP contribution in [0.5, 0.6) is 5.75 Å². The normalized spacial score (nSPS) is 12.2. The van der Waals surface area contributed by atoms with Crippen molar-refractivity contribution >= 4 is 38.7 Å². The van der Waals surface area contributed by atoms with Crippen molar-refractivity contribution in [2.24, 2.45) is 5.10 Å². The number of aromatic nitrogens is 3. The molecule has 9 nitrogen and oxygen atoms in total. The average molecular weight is 629 g/mol. The molecule has 2 heterocycles. The summed E-state index contributed by atoms with van der Waals surface area (Å²) in [5.41, 5.74) is 5.19. The first-order chi connectivity index (χ1) is 20.2. The van der Waals surface area contributed by atoms with Gasteiger partial charge in [0.25, 0.3) is 11.2 Å². The predicted molar refractivity (Wildman–Crippen MR) is 168 cm³/mol. The third-order valence-corrected chi connectivity index (χ3v) is 7.81. The largest absolute Gasteiger partial charge is 0.489 e. The fourth-order valence-electron chi connectivity index (χ4n) is 4.79. The number of nitro groups is 1. The van der Waals surface area contributed by atoms with Crippen LogP contribution in [0.3, 0.4) is 0 Å². The molecule has 0 amide bonds. The van der Waals surface area contributed by atoms with E-state index < -0.39 is 4.92 Å². The lowest BCUT2D eigenvalue weighted by Crippen LogP contribution is -2.23. The molecular weight excluding hydrogens is 598 g/mol. The molecule has 0 aliphatic heterocycles. The Labute approximate surface area is 251 Å². The number of aryl methyl sites for hydroxylation is 1. The second-order valence-corrected chi connectivity index (χ2v) is 11.1. The van der Waals surface area contributed by atoms with E-state index in [4.69, 9.17) is 9.72 Å². The Hall–Kier alpha value is -4.57. The molecule has 0 aliphatic carbocycles. The number of halogens is 1. The van der Waals surface area contributed by atoms with Crippen LogP contribution in [-0.4, -0.2) is 25.4 Å². The van der Waals surface area contributed by atoms with E-state index in [1.165, 1.54) is 16.8 Å². The van der Waals surface area contributed by atoms with Crippen LogP contribution in [0.1, 0.15) is 54.5 Å². The number of ether oxygens (including phenoxy) is 1. The van der Waals surface area contributed by atoms with Crippen molar-refractivity contribution in [1.82, 2.24) is 14.2 Å². The van der Waals surface area contributed by atoms with E-state index in [2.05, 4.69) is 32.5 Å². The average Bonchev–Trinajstić information content (AvgIpc) is 3.28. The Morgan fingerprint density at radius 2 is 1.79 bits per heavy atom. The zero-order valence-electron chi connectivity index (χ0n) is 23.7. The van der Waals surface area contributed by atoms with Gasteiger partial charge in [-0.3, -0.25) is 14.9 Å². The maximum absolute atomic E-state index is 13.5. The number of benzene rings is 3. The van der Waals surface area contributed by atoms with Gasteiger partial charge in [-0.25, -0.2) is 4.98 Å². The van der Waals surface area contributed by atoms with Gasteiger partial charge in [0.1, 0.15) is 18.2 Å². The molecule has 0 spiro atoms. The van der Waals surface area contributed by atoms with Crippen molar-refractivity contribution in [1.29, 1.82) is 0 Å². The third kappa shape index (κ3) is 5.89. The standard InChI is InChI=1S/C32H30BrN5O4/c1-5-20(2)31-35-30-15-8-25(33)17-29(30)32(39)37(31)34-18-24-16-21(3)36(22(24)4)26-11-13-28(14-12-26)42-19-23-6-9-27(10-7-23)38(40)41/h6-18,20H,5,19H2,1-4H3/t20-/m1/s1. The molecule has 3 aromatic carbocycles. The smallest absolute Gasteiger partial charge is 0.282 e. The molecule has 0 saturated heterocycles. The van der Waals surface area contributed by atoms with Gasteiger partial charge in [0.2, 0.25) is 0 Å². The predicted octanol–water partition coefficient (Wildman–Crippen LogP) is 7.45. The van der Waals surface area contributed by atoms with Crippen molar-refractivity contribution in [3.63, 3.8) is 0 Å². The van der Waals surface area contributed by atoms with Crippen LogP contribution in [0.2, 0.25) is 0 Å². The Morgan fingerprint density at radius 1 is 1.07 bits per heavy atom. The first-order valence-electron chi connectivity index (χ1n) is 13.6. The van der Waals surface area contributed by atoms with Crippen LogP contribution in [0, 0.1) is 24.0 Å². The van der Waals surface area contributed by atoms with Crippen molar-refractivity contribution < 1.29 is 9.66 Å². The number of nitrogens with zero attached hydrogens (tertiary/aromatic N) is 5. The van der Waals surface area contributed by atoms with Gasteiger partial charge in [-0.05, 0) is 86.5 Å². The van der Waals surface area contributed by atoms with E-state index >= 15 is 0 Å². The highest BCUT2D eigenvalue weighted by Crippen LogP contribution is 2.24. The quantitative estimate of drug-likeness (QED) is 0.0958. The molecule has 0 N–H and O–H groups in total. The summed E-state index contributed by atoms with van der Waals surface area (Å²) in [7, 11) is 0. The lowest BCUT2D eigenvalue weighted by molar-refractivity contribution is -0.384. The summed E-state index contributed by atoms with van der Waals surface area (Å²) < 4.78 is 10.2. The Morgan fingerprint density at radius 3 is 2.45 bits per heavy atom. The van der Waals surface area contributed by atoms with Gasteiger partial charge in [-0.15, -0.1) is 0 Å².